The zero-order chi connectivity index (χ0) is 21.8. The van der Waals surface area contributed by atoms with E-state index in [2.05, 4.69) is 0 Å². The summed E-state index contributed by atoms with van der Waals surface area (Å²) in [4.78, 5) is 23.8. The average Bonchev–Trinajstić information content (AvgIpc) is 2.80. The van der Waals surface area contributed by atoms with Crippen LogP contribution in [0.1, 0.15) is 18.4 Å². The van der Waals surface area contributed by atoms with Crippen molar-refractivity contribution in [3.8, 4) is 11.5 Å². The molecule has 0 saturated carbocycles. The molecule has 4 rings (SSSR count). The molecule has 0 fully saturated rings. The van der Waals surface area contributed by atoms with Gasteiger partial charge >= 0.3 is 11.6 Å². The first-order valence-corrected chi connectivity index (χ1v) is 9.94. The summed E-state index contributed by atoms with van der Waals surface area (Å²) in [6.45, 7) is 2.13. The molecule has 31 heavy (non-hydrogen) atoms. The molecule has 1 atom stereocenters. The van der Waals surface area contributed by atoms with E-state index in [1.54, 1.807) is 31.4 Å². The molecule has 0 bridgehead atoms. The topological polar surface area (TPSA) is 75.0 Å². The number of rotatable bonds is 7. The molecule has 0 N–H and O–H groups in total. The highest BCUT2D eigenvalue weighted by Gasteiger charge is 2.17. The van der Waals surface area contributed by atoms with Gasteiger partial charge in [0.15, 0.2) is 0 Å². The molecular weight excluding hydrogens is 396 g/mol. The van der Waals surface area contributed by atoms with Crippen molar-refractivity contribution in [3.63, 3.8) is 0 Å². The minimum absolute atomic E-state index is 0.116. The molecule has 0 saturated heterocycles. The third kappa shape index (κ3) is 4.69. The molecule has 0 amide bonds. The summed E-state index contributed by atoms with van der Waals surface area (Å²) in [5.74, 6) is 0.611. The van der Waals surface area contributed by atoms with Crippen molar-refractivity contribution in [1.29, 1.82) is 0 Å². The Balaban J connectivity index is 1.33. The van der Waals surface area contributed by atoms with Crippen molar-refractivity contribution < 1.29 is 23.4 Å². The molecule has 4 aromatic rings. The van der Waals surface area contributed by atoms with Crippen LogP contribution in [0.2, 0.25) is 0 Å². The fourth-order valence-electron chi connectivity index (χ4n) is 3.33. The van der Waals surface area contributed by atoms with Crippen LogP contribution in [0.15, 0.2) is 75.9 Å². The summed E-state index contributed by atoms with van der Waals surface area (Å²) in [7, 11) is 1.63. The van der Waals surface area contributed by atoms with Gasteiger partial charge in [-0.1, -0.05) is 24.3 Å². The zero-order valence-corrected chi connectivity index (χ0v) is 17.3. The lowest BCUT2D eigenvalue weighted by atomic mass is 9.98. The Bertz CT molecular complexity index is 1290. The van der Waals surface area contributed by atoms with Crippen molar-refractivity contribution in [2.45, 2.75) is 12.8 Å². The van der Waals surface area contributed by atoms with Gasteiger partial charge in [0, 0.05) is 17.5 Å². The van der Waals surface area contributed by atoms with E-state index >= 15 is 0 Å². The van der Waals surface area contributed by atoms with E-state index in [0.29, 0.717) is 11.3 Å². The summed E-state index contributed by atoms with van der Waals surface area (Å²) < 4.78 is 21.4. The maximum atomic E-state index is 12.5. The highest BCUT2D eigenvalue weighted by molar-refractivity contribution is 5.86. The van der Waals surface area contributed by atoms with Crippen molar-refractivity contribution in [3.05, 3.63) is 82.7 Å². The summed E-state index contributed by atoms with van der Waals surface area (Å²) in [6.07, 6.45) is 0. The number of carbonyl (C=O) groups excluding carboxylic acids is 1. The number of hydrogen-bond donors (Lipinski definition) is 0. The van der Waals surface area contributed by atoms with Crippen LogP contribution in [-0.2, 0) is 9.53 Å². The van der Waals surface area contributed by atoms with Gasteiger partial charge in [-0.05, 0) is 53.6 Å². The second-order valence-corrected chi connectivity index (χ2v) is 7.16. The summed E-state index contributed by atoms with van der Waals surface area (Å²) in [5, 5.41) is 2.88. The van der Waals surface area contributed by atoms with E-state index in [0.717, 1.165) is 27.5 Å². The molecule has 0 aliphatic rings. The normalized spacial score (nSPS) is 11.9. The fourth-order valence-corrected chi connectivity index (χ4v) is 3.33. The minimum Gasteiger partial charge on any atom is -0.497 e. The Hall–Kier alpha value is -3.80. The van der Waals surface area contributed by atoms with E-state index < -0.39 is 11.5 Å². The minimum atomic E-state index is -0.416. The Morgan fingerprint density at radius 2 is 1.58 bits per heavy atom. The molecule has 0 aliphatic heterocycles. The number of ether oxygens (including phenoxy) is 3. The largest absolute Gasteiger partial charge is 0.497 e. The number of esters is 1. The number of methoxy groups -OCH3 is 1. The first-order chi connectivity index (χ1) is 15.0. The first kappa shape index (κ1) is 20.5. The maximum absolute atomic E-state index is 12.5. The predicted molar refractivity (Wildman–Crippen MR) is 118 cm³/mol. The van der Waals surface area contributed by atoms with Crippen LogP contribution in [0.4, 0.5) is 0 Å². The van der Waals surface area contributed by atoms with Gasteiger partial charge in [-0.2, -0.15) is 0 Å². The standard InChI is InChI=1S/C25H22O6/c1-16(18-3-4-20-14-21(28-2)8-6-19(20)13-18)25(27)30-12-11-29-22-9-5-17-7-10-24(26)31-23(17)15-22/h3-10,13-16H,11-12H2,1-2H3/t16-/m0/s1. The molecule has 0 spiro atoms. The lowest BCUT2D eigenvalue weighted by Crippen LogP contribution is -2.17. The SMILES string of the molecule is COc1ccc2cc([C@H](C)C(=O)OCCOc3ccc4ccc(=O)oc4c3)ccc2c1. The van der Waals surface area contributed by atoms with E-state index in [1.165, 1.54) is 6.07 Å². The monoisotopic (exact) mass is 418 g/mol. The molecule has 0 unspecified atom stereocenters. The second-order valence-electron chi connectivity index (χ2n) is 7.16. The smallest absolute Gasteiger partial charge is 0.336 e. The van der Waals surface area contributed by atoms with Gasteiger partial charge in [0.25, 0.3) is 0 Å². The summed E-state index contributed by atoms with van der Waals surface area (Å²) in [6, 6.07) is 20.0. The molecule has 1 heterocycles. The molecule has 6 heteroatoms. The van der Waals surface area contributed by atoms with Crippen LogP contribution in [0.5, 0.6) is 11.5 Å². The van der Waals surface area contributed by atoms with Crippen LogP contribution >= 0.6 is 0 Å². The second kappa shape index (κ2) is 8.92. The molecule has 6 nitrogen and oxygen atoms in total. The molecule has 158 valence electrons. The number of hydrogen-bond acceptors (Lipinski definition) is 6. The van der Waals surface area contributed by atoms with E-state index in [4.69, 9.17) is 18.6 Å². The molecule has 1 aromatic heterocycles. The van der Waals surface area contributed by atoms with Crippen molar-refractivity contribution in [1.82, 2.24) is 0 Å². The lowest BCUT2D eigenvalue weighted by molar-refractivity contribution is -0.145. The Morgan fingerprint density at radius 1 is 0.871 bits per heavy atom. The van der Waals surface area contributed by atoms with Crippen molar-refractivity contribution >= 4 is 27.7 Å². The van der Waals surface area contributed by atoms with E-state index in [-0.39, 0.29) is 19.2 Å². The average molecular weight is 418 g/mol. The van der Waals surface area contributed by atoms with Gasteiger partial charge in [0.05, 0.1) is 13.0 Å². The van der Waals surface area contributed by atoms with Gasteiger partial charge in [0.2, 0.25) is 0 Å². The van der Waals surface area contributed by atoms with Crippen molar-refractivity contribution in [2.75, 3.05) is 20.3 Å². The summed E-state index contributed by atoms with van der Waals surface area (Å²) >= 11 is 0. The lowest BCUT2D eigenvalue weighted by Gasteiger charge is -2.13. The molecule has 0 radical (unpaired) electrons. The Labute approximate surface area is 179 Å². The third-order valence-corrected chi connectivity index (χ3v) is 5.12. The van der Waals surface area contributed by atoms with Crippen LogP contribution in [0, 0.1) is 0 Å². The van der Waals surface area contributed by atoms with Crippen LogP contribution in [0.3, 0.4) is 0 Å². The number of fused-ring (bicyclic) bond motifs is 2. The van der Waals surface area contributed by atoms with E-state index in [1.807, 2.05) is 43.3 Å². The van der Waals surface area contributed by atoms with Crippen molar-refractivity contribution in [2.24, 2.45) is 0 Å². The Kier molecular flexibility index (Phi) is 5.89. The third-order valence-electron chi connectivity index (χ3n) is 5.12. The summed E-state index contributed by atoms with van der Waals surface area (Å²) in [5.41, 5.74) is 0.915. The molecule has 3 aromatic carbocycles. The zero-order valence-electron chi connectivity index (χ0n) is 17.3. The maximum Gasteiger partial charge on any atom is 0.336 e. The molecular formula is C25H22O6. The van der Waals surface area contributed by atoms with Gasteiger partial charge in [0.1, 0.15) is 30.3 Å². The predicted octanol–water partition coefficient (Wildman–Crippen LogP) is 4.68. The van der Waals surface area contributed by atoms with E-state index in [9.17, 15) is 9.59 Å². The van der Waals surface area contributed by atoms with Gasteiger partial charge in [-0.3, -0.25) is 4.79 Å². The van der Waals surface area contributed by atoms with Gasteiger partial charge in [-0.25, -0.2) is 4.79 Å². The van der Waals surface area contributed by atoms with Crippen LogP contribution < -0.4 is 15.1 Å². The number of carbonyl (C=O) groups is 1. The van der Waals surface area contributed by atoms with Crippen LogP contribution in [-0.4, -0.2) is 26.3 Å². The quantitative estimate of drug-likeness (QED) is 0.246. The highest BCUT2D eigenvalue weighted by Crippen LogP contribution is 2.26. The highest BCUT2D eigenvalue weighted by atomic mass is 16.6. The molecule has 0 aliphatic carbocycles. The number of benzene rings is 3. The fraction of sp³-hybridized carbons (Fsp3) is 0.200. The van der Waals surface area contributed by atoms with Gasteiger partial charge < -0.3 is 18.6 Å². The Morgan fingerprint density at radius 3 is 2.42 bits per heavy atom. The van der Waals surface area contributed by atoms with Crippen LogP contribution in [0.25, 0.3) is 21.7 Å². The first-order valence-electron chi connectivity index (χ1n) is 9.94. The van der Waals surface area contributed by atoms with Gasteiger partial charge in [-0.15, -0.1) is 0 Å².